The third-order valence-corrected chi connectivity index (χ3v) is 6.85. The third-order valence-electron chi connectivity index (χ3n) is 6.85. The molecule has 0 radical (unpaired) electrons. The van der Waals surface area contributed by atoms with Crippen molar-refractivity contribution in [1.29, 1.82) is 0 Å². The first-order valence-electron chi connectivity index (χ1n) is 12.8. The minimum Gasteiger partial charge on any atom is -0.409 e. The normalized spacial score (nSPS) is 17.3. The molecule has 1 aliphatic rings. The zero-order chi connectivity index (χ0) is 25.6. The fourth-order valence-electron chi connectivity index (χ4n) is 5.01. The zero-order valence-electron chi connectivity index (χ0n) is 21.0. The number of aromatic nitrogens is 2. The van der Waals surface area contributed by atoms with Crippen LogP contribution in [0.5, 0.6) is 0 Å². The summed E-state index contributed by atoms with van der Waals surface area (Å²) in [6.45, 7) is 2.99. The molecule has 1 fully saturated rings. The number of ether oxygens (including phenoxy) is 1. The van der Waals surface area contributed by atoms with Gasteiger partial charge in [0.05, 0.1) is 11.7 Å². The van der Waals surface area contributed by atoms with Gasteiger partial charge in [0.1, 0.15) is 0 Å². The number of oxime groups is 1. The summed E-state index contributed by atoms with van der Waals surface area (Å²) in [5.41, 5.74) is 13.6. The maximum atomic E-state index is 8.80. The second kappa shape index (κ2) is 11.3. The van der Waals surface area contributed by atoms with Crippen molar-refractivity contribution in [2.45, 2.75) is 38.8 Å². The van der Waals surface area contributed by atoms with Crippen LogP contribution in [0.3, 0.4) is 0 Å². The van der Waals surface area contributed by atoms with Crippen LogP contribution in [0.2, 0.25) is 0 Å². The van der Waals surface area contributed by atoms with E-state index in [4.69, 9.17) is 20.8 Å². The lowest BCUT2D eigenvalue weighted by Crippen LogP contribution is -2.18. The van der Waals surface area contributed by atoms with Crippen molar-refractivity contribution in [3.05, 3.63) is 107 Å². The summed E-state index contributed by atoms with van der Waals surface area (Å²) < 4.78 is 8.03. The lowest BCUT2D eigenvalue weighted by atomic mass is 9.87. The number of amidine groups is 1. The molecule has 3 N–H and O–H groups in total. The molecule has 1 aliphatic heterocycles. The van der Waals surface area contributed by atoms with Crippen LogP contribution in [0.25, 0.3) is 28.1 Å². The molecule has 3 aromatic carbocycles. The van der Waals surface area contributed by atoms with Crippen molar-refractivity contribution in [1.82, 2.24) is 9.78 Å². The molecular formula is C31H32N4O2. The molecule has 37 heavy (non-hydrogen) atoms. The van der Waals surface area contributed by atoms with Gasteiger partial charge in [-0.3, -0.25) is 0 Å². The highest BCUT2D eigenvalue weighted by Gasteiger charge is 2.20. The first-order valence-corrected chi connectivity index (χ1v) is 12.8. The Morgan fingerprint density at radius 2 is 1.84 bits per heavy atom. The van der Waals surface area contributed by atoms with Gasteiger partial charge in [-0.1, -0.05) is 78.8 Å². The first-order chi connectivity index (χ1) is 18.2. The Labute approximate surface area is 217 Å². The molecule has 1 saturated heterocycles. The van der Waals surface area contributed by atoms with E-state index in [1.54, 1.807) is 6.08 Å². The van der Waals surface area contributed by atoms with Gasteiger partial charge in [0.25, 0.3) is 0 Å². The zero-order valence-corrected chi connectivity index (χ0v) is 21.0. The van der Waals surface area contributed by atoms with Crippen LogP contribution in [-0.2, 0) is 4.74 Å². The Balaban J connectivity index is 1.60. The molecule has 5 rings (SSSR count). The second-order valence-electron chi connectivity index (χ2n) is 9.24. The van der Waals surface area contributed by atoms with Crippen molar-refractivity contribution in [3.8, 4) is 0 Å². The maximum absolute atomic E-state index is 8.80. The molecule has 6 heteroatoms. The van der Waals surface area contributed by atoms with Gasteiger partial charge in [-0.15, -0.1) is 0 Å². The Bertz CT molecular complexity index is 1440. The molecule has 0 amide bonds. The number of benzene rings is 3. The van der Waals surface area contributed by atoms with Crippen molar-refractivity contribution < 1.29 is 9.94 Å². The number of fused-ring (bicyclic) bond motifs is 1. The van der Waals surface area contributed by atoms with Crippen LogP contribution in [-0.4, -0.2) is 27.4 Å². The summed E-state index contributed by atoms with van der Waals surface area (Å²) >= 11 is 0. The summed E-state index contributed by atoms with van der Waals surface area (Å²) in [6.07, 6.45) is 9.52. The summed E-state index contributed by atoms with van der Waals surface area (Å²) in [5, 5.41) is 17.6. The van der Waals surface area contributed by atoms with Crippen LogP contribution in [0.4, 0.5) is 0 Å². The van der Waals surface area contributed by atoms with Crippen LogP contribution in [0.1, 0.15) is 61.1 Å². The molecule has 4 aromatic rings. The predicted molar refractivity (Wildman–Crippen MR) is 150 cm³/mol. The summed E-state index contributed by atoms with van der Waals surface area (Å²) in [7, 11) is 0. The van der Waals surface area contributed by atoms with Crippen LogP contribution < -0.4 is 5.73 Å². The lowest BCUT2D eigenvalue weighted by Gasteiger charge is -2.23. The average Bonchev–Trinajstić information content (AvgIpc) is 3.39. The molecule has 0 saturated carbocycles. The van der Waals surface area contributed by atoms with Crippen molar-refractivity contribution in [2.75, 3.05) is 6.61 Å². The van der Waals surface area contributed by atoms with Gasteiger partial charge in [0.15, 0.2) is 12.1 Å². The average molecular weight is 493 g/mol. The van der Waals surface area contributed by atoms with E-state index in [1.165, 1.54) is 23.1 Å². The van der Waals surface area contributed by atoms with Crippen LogP contribution in [0, 0.1) is 0 Å². The molecule has 1 aromatic heterocycles. The number of allylic oxidation sites excluding steroid dienone is 1. The molecule has 0 spiro atoms. The Kier molecular flexibility index (Phi) is 7.47. The molecule has 1 atom stereocenters. The molecule has 1 unspecified atom stereocenters. The number of rotatable bonds is 7. The highest BCUT2D eigenvalue weighted by Crippen LogP contribution is 2.36. The van der Waals surface area contributed by atoms with Gasteiger partial charge < -0.3 is 15.7 Å². The first kappa shape index (κ1) is 24.5. The van der Waals surface area contributed by atoms with Crippen molar-refractivity contribution in [3.63, 3.8) is 0 Å². The molecule has 2 heterocycles. The van der Waals surface area contributed by atoms with Crippen molar-refractivity contribution in [2.24, 2.45) is 10.9 Å². The molecule has 6 nitrogen and oxygen atoms in total. The molecular weight excluding hydrogens is 460 g/mol. The minimum absolute atomic E-state index is 0.00754. The van der Waals surface area contributed by atoms with Gasteiger partial charge in [-0.25, -0.2) is 4.68 Å². The topological polar surface area (TPSA) is 85.7 Å². The fraction of sp³-hybridized carbons (Fsp3) is 0.226. The largest absolute Gasteiger partial charge is 0.409 e. The number of nitrogens with two attached hydrogens (primary N) is 1. The van der Waals surface area contributed by atoms with E-state index in [0.717, 1.165) is 53.5 Å². The van der Waals surface area contributed by atoms with Gasteiger partial charge in [-0.2, -0.15) is 5.10 Å². The summed E-state index contributed by atoms with van der Waals surface area (Å²) in [4.78, 5) is 0. The fourth-order valence-corrected chi connectivity index (χ4v) is 5.01. The summed E-state index contributed by atoms with van der Waals surface area (Å²) in [6, 6.07) is 25.5. The quantitative estimate of drug-likeness (QED) is 0.0970. The third kappa shape index (κ3) is 5.34. The van der Waals surface area contributed by atoms with E-state index in [0.29, 0.717) is 0 Å². The highest BCUT2D eigenvalue weighted by molar-refractivity contribution is 6.00. The molecule has 0 bridgehead atoms. The lowest BCUT2D eigenvalue weighted by molar-refractivity contribution is -0.0366. The van der Waals surface area contributed by atoms with E-state index in [2.05, 4.69) is 66.7 Å². The summed E-state index contributed by atoms with van der Waals surface area (Å²) in [5.74, 6) is 0.0643. The Morgan fingerprint density at radius 1 is 1.05 bits per heavy atom. The number of hydrogen-bond acceptors (Lipinski definition) is 4. The van der Waals surface area contributed by atoms with Gasteiger partial charge in [-0.05, 0) is 77.3 Å². The number of hydrogen-bond donors (Lipinski definition) is 2. The van der Waals surface area contributed by atoms with E-state index in [1.807, 2.05) is 35.2 Å². The highest BCUT2D eigenvalue weighted by atomic mass is 16.5. The van der Waals surface area contributed by atoms with E-state index >= 15 is 0 Å². The van der Waals surface area contributed by atoms with Crippen LogP contribution in [0.15, 0.2) is 90.2 Å². The van der Waals surface area contributed by atoms with E-state index in [9.17, 15) is 0 Å². The van der Waals surface area contributed by atoms with Gasteiger partial charge >= 0.3 is 0 Å². The second-order valence-corrected chi connectivity index (χ2v) is 9.24. The standard InChI is InChI=1S/C31H32N4O2/c1-2-27(23-8-4-3-5-9-23)31(24-14-11-22(12-15-24)13-18-29(32)34-36)25-16-17-28-26(20-25)21-33-35(28)30-10-6-7-19-37-30/h3-5,8-9,11-18,20-21,30,36H,2,6-7,10,19H2,1H3,(H2,32,34)/b18-13+,31-27-. The van der Waals surface area contributed by atoms with E-state index < -0.39 is 0 Å². The minimum atomic E-state index is 0.00754. The smallest absolute Gasteiger partial charge is 0.162 e. The number of nitrogens with zero attached hydrogens (tertiary/aromatic N) is 3. The Morgan fingerprint density at radius 3 is 2.54 bits per heavy atom. The SMILES string of the molecule is CC/C(=C(\c1ccc(/C=C/C(N)=NO)cc1)c1ccc2c(cnn2C2CCCCO2)c1)c1ccccc1. The Hall–Kier alpha value is -4.16. The molecule has 0 aliphatic carbocycles. The monoisotopic (exact) mass is 492 g/mol. The maximum Gasteiger partial charge on any atom is 0.162 e. The predicted octanol–water partition coefficient (Wildman–Crippen LogP) is 6.86. The van der Waals surface area contributed by atoms with Gasteiger partial charge in [0.2, 0.25) is 0 Å². The van der Waals surface area contributed by atoms with Crippen molar-refractivity contribution >= 4 is 34.0 Å². The van der Waals surface area contributed by atoms with Crippen LogP contribution >= 0.6 is 0 Å². The van der Waals surface area contributed by atoms with E-state index in [-0.39, 0.29) is 12.1 Å². The van der Waals surface area contributed by atoms with Gasteiger partial charge in [0, 0.05) is 12.0 Å². The molecule has 188 valence electrons.